The maximum atomic E-state index is 13.8. The zero-order valence-electron chi connectivity index (χ0n) is 30.6. The summed E-state index contributed by atoms with van der Waals surface area (Å²) < 4.78 is 26.7. The number of halogens is 1. The summed E-state index contributed by atoms with van der Waals surface area (Å²) in [4.78, 5) is 43.6. The molecular weight excluding hydrogens is 693 g/mol. The van der Waals surface area contributed by atoms with Crippen LogP contribution < -0.4 is 10.2 Å². The molecule has 4 aromatic rings. The number of aryl methyl sites for hydroxylation is 3. The highest BCUT2D eigenvalue weighted by atomic mass is 19.1. The number of β-lactam (4-membered cyclic amide) rings is 1. The average molecular weight is 742 g/mol. The third kappa shape index (κ3) is 9.38. The molecule has 1 aromatic heterocycles. The number of rotatable bonds is 19. The predicted molar refractivity (Wildman–Crippen MR) is 198 cm³/mol. The fraction of sp³-hybridized carbons (Fsp3) is 0.439. The lowest BCUT2D eigenvalue weighted by Gasteiger charge is -2.48. The Morgan fingerprint density at radius 3 is 2.31 bits per heavy atom. The number of amides is 2. The van der Waals surface area contributed by atoms with Gasteiger partial charge in [0, 0.05) is 12.2 Å². The number of aliphatic hydroxyl groups is 1. The lowest BCUT2D eigenvalue weighted by atomic mass is 9.78. The van der Waals surface area contributed by atoms with E-state index in [1.807, 2.05) is 41.3 Å². The minimum Gasteiger partial charge on any atom is -0.480 e. The van der Waals surface area contributed by atoms with Crippen molar-refractivity contribution in [2.45, 2.75) is 82.7 Å². The first-order valence-electron chi connectivity index (χ1n) is 18.5. The molecule has 3 N–H and O–H groups in total. The fourth-order valence-electron chi connectivity index (χ4n) is 7.14. The second-order valence-electron chi connectivity index (χ2n) is 14.7. The summed E-state index contributed by atoms with van der Waals surface area (Å²) >= 11 is 0. The largest absolute Gasteiger partial charge is 0.480 e. The molecule has 286 valence electrons. The topological polar surface area (TPSA) is 156 Å². The summed E-state index contributed by atoms with van der Waals surface area (Å²) in [5.41, 5.74) is 3.97. The number of anilines is 1. The highest BCUT2D eigenvalue weighted by Gasteiger charge is 2.48. The van der Waals surface area contributed by atoms with Crippen molar-refractivity contribution in [1.29, 1.82) is 0 Å². The molecule has 0 radical (unpaired) electrons. The van der Waals surface area contributed by atoms with Gasteiger partial charge in [0.05, 0.1) is 31.3 Å². The number of hydrogen-bond acceptors (Lipinski definition) is 8. The van der Waals surface area contributed by atoms with E-state index in [0.29, 0.717) is 44.5 Å². The first-order chi connectivity index (χ1) is 26.0. The molecule has 2 aliphatic rings. The number of hydrogen-bond donors (Lipinski definition) is 3. The maximum Gasteiger partial charge on any atom is 0.326 e. The smallest absolute Gasteiger partial charge is 0.326 e. The quantitative estimate of drug-likeness (QED) is 0.110. The molecule has 12 nitrogen and oxygen atoms in total. The molecule has 0 bridgehead atoms. The van der Waals surface area contributed by atoms with E-state index >= 15 is 0 Å². The molecule has 0 saturated carbocycles. The van der Waals surface area contributed by atoms with Gasteiger partial charge in [-0.05, 0) is 91.0 Å². The van der Waals surface area contributed by atoms with Crippen LogP contribution in [0.5, 0.6) is 0 Å². The Morgan fingerprint density at radius 1 is 1.02 bits per heavy atom. The van der Waals surface area contributed by atoms with Crippen molar-refractivity contribution in [3.8, 4) is 0 Å². The summed E-state index contributed by atoms with van der Waals surface area (Å²) in [6.07, 6.45) is 6.24. The summed E-state index contributed by atoms with van der Waals surface area (Å²) in [6.45, 7) is 4.66. The number of carboxylic acids is 1. The third-order valence-corrected chi connectivity index (χ3v) is 10.4. The van der Waals surface area contributed by atoms with Crippen LogP contribution in [-0.4, -0.2) is 74.2 Å². The second kappa shape index (κ2) is 17.4. The number of aromatic nitrogens is 3. The van der Waals surface area contributed by atoms with Crippen molar-refractivity contribution in [3.05, 3.63) is 114 Å². The summed E-state index contributed by atoms with van der Waals surface area (Å²) in [5, 5.41) is 27.0. The van der Waals surface area contributed by atoms with E-state index < -0.39 is 29.6 Å². The zero-order valence-corrected chi connectivity index (χ0v) is 30.6. The Kier molecular flexibility index (Phi) is 12.5. The Labute approximate surface area is 314 Å². The number of aliphatic hydroxyl groups excluding tert-OH is 1. The van der Waals surface area contributed by atoms with Gasteiger partial charge < -0.3 is 29.9 Å². The van der Waals surface area contributed by atoms with Gasteiger partial charge in [0.2, 0.25) is 11.8 Å². The maximum absolute atomic E-state index is 13.8. The highest BCUT2D eigenvalue weighted by Crippen LogP contribution is 2.46. The first-order valence-corrected chi connectivity index (χ1v) is 18.5. The Morgan fingerprint density at radius 2 is 1.70 bits per heavy atom. The summed E-state index contributed by atoms with van der Waals surface area (Å²) in [7, 11) is 0. The summed E-state index contributed by atoms with van der Waals surface area (Å²) in [5.74, 6) is -2.56. The van der Waals surface area contributed by atoms with Crippen molar-refractivity contribution in [3.63, 3.8) is 0 Å². The van der Waals surface area contributed by atoms with Crippen LogP contribution in [0.1, 0.15) is 73.9 Å². The fourth-order valence-corrected chi connectivity index (χ4v) is 7.14. The van der Waals surface area contributed by atoms with Crippen LogP contribution in [-0.2, 0) is 43.2 Å². The van der Waals surface area contributed by atoms with Gasteiger partial charge in [-0.2, -0.15) is 5.10 Å². The van der Waals surface area contributed by atoms with E-state index in [4.69, 9.17) is 9.47 Å². The van der Waals surface area contributed by atoms with Crippen molar-refractivity contribution in [2.75, 3.05) is 24.7 Å². The Bertz CT molecular complexity index is 1850. The minimum atomic E-state index is -1.09. The zero-order chi connectivity index (χ0) is 38.2. The van der Waals surface area contributed by atoms with Gasteiger partial charge in [-0.15, -0.1) is 0 Å². The number of nitrogens with one attached hydrogen (secondary N) is 1. The molecule has 2 saturated heterocycles. The van der Waals surface area contributed by atoms with Gasteiger partial charge in [-0.1, -0.05) is 62.4 Å². The van der Waals surface area contributed by atoms with Crippen molar-refractivity contribution < 1.29 is 38.5 Å². The molecule has 0 aliphatic carbocycles. The van der Waals surface area contributed by atoms with Crippen LogP contribution in [0, 0.1) is 17.7 Å². The molecule has 0 unspecified atom stereocenters. The van der Waals surface area contributed by atoms with E-state index in [0.717, 1.165) is 41.8 Å². The molecule has 4 atom stereocenters. The number of aliphatic carboxylic acids is 1. The van der Waals surface area contributed by atoms with Crippen molar-refractivity contribution >= 4 is 23.5 Å². The van der Waals surface area contributed by atoms with E-state index in [-0.39, 0.29) is 36.2 Å². The number of carbonyl (C=O) groups is 3. The third-order valence-electron chi connectivity index (χ3n) is 10.4. The molecule has 3 heterocycles. The van der Waals surface area contributed by atoms with Crippen LogP contribution in [0.15, 0.2) is 85.5 Å². The van der Waals surface area contributed by atoms with Crippen LogP contribution in [0.2, 0.25) is 0 Å². The lowest BCUT2D eigenvalue weighted by molar-refractivity contribution is -0.212. The van der Waals surface area contributed by atoms with E-state index in [1.165, 1.54) is 18.5 Å². The molecule has 54 heavy (non-hydrogen) atoms. The SMILES string of the molecule is CC(C)[C@@H](NC(=O)COC1(CCc2ccc([C@@H]3[C@@H](CC[C@H](O)c4ccc(F)cc4)C(=O)N3c3ccc(CCCn4cncn4)cc3)cc2)COC1)C(=O)O. The molecule has 3 aromatic carbocycles. The number of carboxylic acid groups (broad SMARTS) is 1. The Balaban J connectivity index is 1.10. The van der Waals surface area contributed by atoms with Gasteiger partial charge in [0.15, 0.2) is 0 Å². The van der Waals surface area contributed by atoms with E-state index in [1.54, 1.807) is 37.0 Å². The van der Waals surface area contributed by atoms with E-state index in [2.05, 4.69) is 27.5 Å². The average Bonchev–Trinajstić information content (AvgIpc) is 3.67. The molecule has 2 aliphatic heterocycles. The second-order valence-corrected chi connectivity index (χ2v) is 14.7. The van der Waals surface area contributed by atoms with Crippen molar-refractivity contribution in [1.82, 2.24) is 20.1 Å². The number of nitrogens with zero attached hydrogens (tertiary/aromatic N) is 4. The van der Waals surface area contributed by atoms with Crippen LogP contribution in [0.3, 0.4) is 0 Å². The van der Waals surface area contributed by atoms with Gasteiger partial charge in [-0.3, -0.25) is 14.3 Å². The lowest BCUT2D eigenvalue weighted by Crippen LogP contribution is -2.55. The van der Waals surface area contributed by atoms with Gasteiger partial charge in [-0.25, -0.2) is 14.2 Å². The van der Waals surface area contributed by atoms with Gasteiger partial charge >= 0.3 is 5.97 Å². The first kappa shape index (κ1) is 38.7. The Hall–Kier alpha value is -4.98. The van der Waals surface area contributed by atoms with Crippen LogP contribution in [0.4, 0.5) is 10.1 Å². The number of carbonyl (C=O) groups excluding carboxylic acids is 2. The molecule has 13 heteroatoms. The highest BCUT2D eigenvalue weighted by molar-refractivity contribution is 6.03. The monoisotopic (exact) mass is 741 g/mol. The number of benzene rings is 3. The minimum absolute atomic E-state index is 0.00880. The van der Waals surface area contributed by atoms with E-state index in [9.17, 15) is 29.0 Å². The molecule has 0 spiro atoms. The van der Waals surface area contributed by atoms with Crippen LogP contribution in [0.25, 0.3) is 0 Å². The molecule has 6 rings (SSSR count). The van der Waals surface area contributed by atoms with Crippen LogP contribution >= 0.6 is 0 Å². The summed E-state index contributed by atoms with van der Waals surface area (Å²) in [6, 6.07) is 20.8. The van der Waals surface area contributed by atoms with Gasteiger partial charge in [0.25, 0.3) is 0 Å². The standard InChI is InChI=1S/C41H48FN5O7/c1-27(2)37(40(51)52)45-36(49)22-54-41(23-53-24-41)20-19-29-5-9-31(10-6-29)38-34(17-18-35(48)30-11-13-32(42)14-12-30)39(50)47(38)33-15-7-28(8-16-33)4-3-21-46-26-43-25-44-46/h5-16,25-27,34-35,37-38,48H,3-4,17-24H2,1-2H3,(H,45,49)(H,51,52)/t34-,35+,37-,38-/m1/s1. The number of ether oxygens (including phenoxy) is 2. The van der Waals surface area contributed by atoms with Crippen molar-refractivity contribution in [2.24, 2.45) is 11.8 Å². The predicted octanol–water partition coefficient (Wildman–Crippen LogP) is 5.21. The van der Waals surface area contributed by atoms with Gasteiger partial charge in [0.1, 0.15) is 36.7 Å². The molecule has 2 fully saturated rings. The normalized spacial score (nSPS) is 18.8. The molecule has 2 amide bonds. The molecular formula is C41H48FN5O7.